The lowest BCUT2D eigenvalue weighted by Crippen LogP contribution is -2.14. The van der Waals surface area contributed by atoms with Crippen LogP contribution in [0.25, 0.3) is 5.57 Å². The van der Waals surface area contributed by atoms with Gasteiger partial charge in [0.15, 0.2) is 0 Å². The molecule has 1 aromatic carbocycles. The van der Waals surface area contributed by atoms with Crippen molar-refractivity contribution < 1.29 is 0 Å². The zero-order valence-corrected chi connectivity index (χ0v) is 11.7. The van der Waals surface area contributed by atoms with E-state index < -0.39 is 0 Å². The molecular formula is C17H25N. The van der Waals surface area contributed by atoms with Crippen LogP contribution < -0.4 is 0 Å². The molecule has 1 fully saturated rings. The summed E-state index contributed by atoms with van der Waals surface area (Å²) >= 11 is 0. The zero-order chi connectivity index (χ0) is 12.8. The van der Waals surface area contributed by atoms with Gasteiger partial charge in [0.1, 0.15) is 0 Å². The van der Waals surface area contributed by atoms with E-state index in [1.165, 1.54) is 37.7 Å². The smallest absolute Gasteiger partial charge is 0.0163 e. The van der Waals surface area contributed by atoms with E-state index in [0.29, 0.717) is 0 Å². The molecule has 0 spiro atoms. The first kappa shape index (κ1) is 13.4. The summed E-state index contributed by atoms with van der Waals surface area (Å²) in [7, 11) is 4.28. The van der Waals surface area contributed by atoms with Crippen LogP contribution in [0.15, 0.2) is 36.4 Å². The highest BCUT2D eigenvalue weighted by atomic mass is 15.0. The van der Waals surface area contributed by atoms with Crippen LogP contribution in [0.4, 0.5) is 0 Å². The van der Waals surface area contributed by atoms with Crippen molar-refractivity contribution in [2.75, 3.05) is 20.6 Å². The first-order valence-corrected chi connectivity index (χ1v) is 7.17. The normalized spacial score (nSPS) is 18.3. The standard InChI is InChI=1S/C17H25N/c1-18(2)14-13-17(15-9-5-3-6-10-15)16-11-7-4-8-12-16/h3,5-6,9-10,13,16H,4,7-8,11-12,14H2,1-2H3. The highest BCUT2D eigenvalue weighted by molar-refractivity contribution is 5.67. The summed E-state index contributed by atoms with van der Waals surface area (Å²) in [4.78, 5) is 2.24. The largest absolute Gasteiger partial charge is 0.306 e. The third-order valence-electron chi connectivity index (χ3n) is 3.83. The Morgan fingerprint density at radius 1 is 1.11 bits per heavy atom. The minimum absolute atomic E-state index is 0.779. The van der Waals surface area contributed by atoms with Crippen LogP contribution in [0.1, 0.15) is 37.7 Å². The van der Waals surface area contributed by atoms with Crippen LogP contribution in [-0.2, 0) is 0 Å². The highest BCUT2D eigenvalue weighted by Crippen LogP contribution is 2.35. The number of hydrogen-bond acceptors (Lipinski definition) is 1. The van der Waals surface area contributed by atoms with E-state index in [1.54, 1.807) is 5.57 Å². The SMILES string of the molecule is CN(C)CC=C(c1ccccc1)C1CCCCC1. The first-order chi connectivity index (χ1) is 8.77. The number of nitrogens with zero attached hydrogens (tertiary/aromatic N) is 1. The van der Waals surface area contributed by atoms with Crippen LogP contribution in [0, 0.1) is 5.92 Å². The third kappa shape index (κ3) is 3.71. The van der Waals surface area contributed by atoms with E-state index in [4.69, 9.17) is 0 Å². The van der Waals surface area contributed by atoms with Crippen LogP contribution in [0.5, 0.6) is 0 Å². The maximum Gasteiger partial charge on any atom is 0.0163 e. The molecule has 0 aromatic heterocycles. The van der Waals surface area contributed by atoms with Gasteiger partial charge in [-0.3, -0.25) is 0 Å². The molecule has 1 saturated carbocycles. The van der Waals surface area contributed by atoms with Crippen molar-refractivity contribution in [3.63, 3.8) is 0 Å². The fraction of sp³-hybridized carbons (Fsp3) is 0.529. The maximum absolute atomic E-state index is 2.44. The van der Waals surface area contributed by atoms with E-state index >= 15 is 0 Å². The molecule has 98 valence electrons. The van der Waals surface area contributed by atoms with Gasteiger partial charge < -0.3 is 4.90 Å². The molecule has 0 unspecified atom stereocenters. The number of benzene rings is 1. The zero-order valence-electron chi connectivity index (χ0n) is 11.7. The molecule has 0 bridgehead atoms. The predicted octanol–water partition coefficient (Wildman–Crippen LogP) is 4.21. The number of allylic oxidation sites excluding steroid dienone is 1. The van der Waals surface area contributed by atoms with Crippen molar-refractivity contribution in [3.05, 3.63) is 42.0 Å². The number of likely N-dealkylation sites (N-methyl/N-ethyl adjacent to an activating group) is 1. The van der Waals surface area contributed by atoms with Gasteiger partial charge in [0, 0.05) is 6.54 Å². The van der Waals surface area contributed by atoms with Crippen LogP contribution >= 0.6 is 0 Å². The Morgan fingerprint density at radius 3 is 2.39 bits per heavy atom. The molecule has 0 atom stereocenters. The predicted molar refractivity (Wildman–Crippen MR) is 79.5 cm³/mol. The number of rotatable bonds is 4. The number of hydrogen-bond donors (Lipinski definition) is 0. The van der Waals surface area contributed by atoms with Crippen molar-refractivity contribution in [2.24, 2.45) is 5.92 Å². The molecule has 1 aliphatic rings. The van der Waals surface area contributed by atoms with Crippen molar-refractivity contribution >= 4 is 5.57 Å². The second-order valence-electron chi connectivity index (χ2n) is 5.62. The molecule has 1 heteroatoms. The molecule has 0 aliphatic heterocycles. The van der Waals surface area contributed by atoms with E-state index in [2.05, 4.69) is 55.4 Å². The van der Waals surface area contributed by atoms with Crippen LogP contribution in [0.2, 0.25) is 0 Å². The van der Waals surface area contributed by atoms with Crippen molar-refractivity contribution in [2.45, 2.75) is 32.1 Å². The summed E-state index contributed by atoms with van der Waals surface area (Å²) in [6.07, 6.45) is 9.40. The minimum atomic E-state index is 0.779. The highest BCUT2D eigenvalue weighted by Gasteiger charge is 2.18. The van der Waals surface area contributed by atoms with Gasteiger partial charge in [-0.1, -0.05) is 55.7 Å². The maximum atomic E-state index is 2.44. The fourth-order valence-corrected chi connectivity index (χ4v) is 2.85. The molecule has 0 heterocycles. The first-order valence-electron chi connectivity index (χ1n) is 7.17. The van der Waals surface area contributed by atoms with E-state index in [9.17, 15) is 0 Å². The van der Waals surface area contributed by atoms with Crippen molar-refractivity contribution in [1.29, 1.82) is 0 Å². The topological polar surface area (TPSA) is 3.24 Å². The van der Waals surface area contributed by atoms with Crippen molar-refractivity contribution in [3.8, 4) is 0 Å². The van der Waals surface area contributed by atoms with Gasteiger partial charge >= 0.3 is 0 Å². The molecule has 1 aliphatic carbocycles. The quantitative estimate of drug-likeness (QED) is 0.765. The second kappa shape index (κ2) is 6.75. The van der Waals surface area contributed by atoms with Gasteiger partial charge in [0.2, 0.25) is 0 Å². The van der Waals surface area contributed by atoms with Gasteiger partial charge in [0.05, 0.1) is 0 Å². The summed E-state index contributed by atoms with van der Waals surface area (Å²) in [5, 5.41) is 0. The molecular weight excluding hydrogens is 218 g/mol. The molecule has 0 N–H and O–H groups in total. The Labute approximate surface area is 112 Å². The molecule has 0 radical (unpaired) electrons. The lowest BCUT2D eigenvalue weighted by Gasteiger charge is -2.25. The van der Waals surface area contributed by atoms with Crippen LogP contribution in [0.3, 0.4) is 0 Å². The van der Waals surface area contributed by atoms with E-state index in [0.717, 1.165) is 12.5 Å². The summed E-state index contributed by atoms with van der Waals surface area (Å²) < 4.78 is 0. The summed E-state index contributed by atoms with van der Waals surface area (Å²) in [5.41, 5.74) is 3.00. The molecule has 2 rings (SSSR count). The van der Waals surface area contributed by atoms with E-state index in [-0.39, 0.29) is 0 Å². The molecule has 0 saturated heterocycles. The van der Waals surface area contributed by atoms with Crippen LogP contribution in [-0.4, -0.2) is 25.5 Å². The molecule has 0 amide bonds. The fourth-order valence-electron chi connectivity index (χ4n) is 2.85. The summed E-state index contributed by atoms with van der Waals surface area (Å²) in [6, 6.07) is 10.9. The van der Waals surface area contributed by atoms with Gasteiger partial charge in [0.25, 0.3) is 0 Å². The van der Waals surface area contributed by atoms with Gasteiger partial charge in [-0.25, -0.2) is 0 Å². The molecule has 18 heavy (non-hydrogen) atoms. The Balaban J connectivity index is 2.19. The summed E-state index contributed by atoms with van der Waals surface area (Å²) in [5.74, 6) is 0.779. The Morgan fingerprint density at radius 2 is 1.78 bits per heavy atom. The van der Waals surface area contributed by atoms with Gasteiger partial charge in [-0.05, 0) is 44.0 Å². The average Bonchev–Trinajstić information content (AvgIpc) is 2.41. The van der Waals surface area contributed by atoms with Crippen molar-refractivity contribution in [1.82, 2.24) is 4.90 Å². The molecule has 1 aromatic rings. The lowest BCUT2D eigenvalue weighted by atomic mass is 9.81. The lowest BCUT2D eigenvalue weighted by molar-refractivity contribution is 0.424. The molecule has 1 nitrogen and oxygen atoms in total. The Bertz CT molecular complexity index is 372. The Hall–Kier alpha value is -1.08. The van der Waals surface area contributed by atoms with Gasteiger partial charge in [-0.2, -0.15) is 0 Å². The average molecular weight is 243 g/mol. The second-order valence-corrected chi connectivity index (χ2v) is 5.62. The van der Waals surface area contributed by atoms with E-state index in [1.807, 2.05) is 0 Å². The Kier molecular flexibility index (Phi) is 5.00. The third-order valence-corrected chi connectivity index (χ3v) is 3.83. The minimum Gasteiger partial charge on any atom is -0.306 e. The summed E-state index contributed by atoms with van der Waals surface area (Å²) in [6.45, 7) is 1.04. The van der Waals surface area contributed by atoms with Gasteiger partial charge in [-0.15, -0.1) is 0 Å². The monoisotopic (exact) mass is 243 g/mol.